The summed E-state index contributed by atoms with van der Waals surface area (Å²) in [4.78, 5) is 25.1. The third-order valence-electron chi connectivity index (χ3n) is 8.13. The summed E-state index contributed by atoms with van der Waals surface area (Å²) in [5.41, 5.74) is 6.55. The van der Waals surface area contributed by atoms with E-state index in [0.29, 0.717) is 17.7 Å². The van der Waals surface area contributed by atoms with Crippen molar-refractivity contribution < 1.29 is 0 Å². The van der Waals surface area contributed by atoms with Gasteiger partial charge in [0.2, 0.25) is 11.9 Å². The molecule has 0 radical (unpaired) electrons. The number of nitrogens with zero attached hydrogens (tertiary/aromatic N) is 7. The summed E-state index contributed by atoms with van der Waals surface area (Å²) in [7, 11) is 0. The zero-order chi connectivity index (χ0) is 29.0. The number of pyridine rings is 2. The van der Waals surface area contributed by atoms with Crippen LogP contribution in [0.15, 0.2) is 140 Å². The highest BCUT2D eigenvalue weighted by Gasteiger charge is 2.22. The van der Waals surface area contributed by atoms with E-state index in [1.807, 2.05) is 88.3 Å². The second-order valence-corrected chi connectivity index (χ2v) is 10.6. The molecule has 4 aromatic carbocycles. The van der Waals surface area contributed by atoms with Crippen LogP contribution >= 0.6 is 0 Å². The van der Waals surface area contributed by atoms with Gasteiger partial charge in [-0.25, -0.2) is 9.97 Å². The van der Waals surface area contributed by atoms with Crippen LogP contribution in [0.1, 0.15) is 0 Å². The van der Waals surface area contributed by atoms with Crippen LogP contribution < -0.4 is 0 Å². The second kappa shape index (κ2) is 9.68. The number of fused-ring (bicyclic) bond motifs is 6. The van der Waals surface area contributed by atoms with Gasteiger partial charge in [-0.1, -0.05) is 91.0 Å². The molecular weight excluding hydrogens is 542 g/mol. The van der Waals surface area contributed by atoms with Gasteiger partial charge in [-0.15, -0.1) is 0 Å². The Labute approximate surface area is 251 Å². The van der Waals surface area contributed by atoms with E-state index in [2.05, 4.69) is 60.7 Å². The Morgan fingerprint density at radius 3 is 1.45 bits per heavy atom. The summed E-state index contributed by atoms with van der Waals surface area (Å²) in [5.74, 6) is 1.53. The van der Waals surface area contributed by atoms with Gasteiger partial charge < -0.3 is 0 Å². The van der Waals surface area contributed by atoms with E-state index in [1.165, 1.54) is 0 Å². The van der Waals surface area contributed by atoms with Gasteiger partial charge in [-0.3, -0.25) is 9.13 Å². The molecule has 0 atom stereocenters. The van der Waals surface area contributed by atoms with E-state index in [0.717, 1.165) is 60.6 Å². The number of aromatic nitrogens is 7. The molecule has 0 spiro atoms. The van der Waals surface area contributed by atoms with Crippen LogP contribution in [0, 0.1) is 0 Å². The molecule has 9 rings (SSSR count). The van der Waals surface area contributed by atoms with Gasteiger partial charge in [0.1, 0.15) is 11.3 Å². The van der Waals surface area contributed by atoms with E-state index in [1.54, 1.807) is 0 Å². The Kier molecular flexibility index (Phi) is 5.36. The lowest BCUT2D eigenvalue weighted by molar-refractivity contribution is 0.884. The average Bonchev–Trinajstić information content (AvgIpc) is 3.62. The van der Waals surface area contributed by atoms with Crippen molar-refractivity contribution in [2.75, 3.05) is 0 Å². The Hall–Kier alpha value is -6.21. The second-order valence-electron chi connectivity index (χ2n) is 10.6. The standard InChI is InChI=1S/C37H23N7/c1-2-12-24(13-3-1)25-14-4-5-17-28(25)33-40-36(43-31-20-8-6-15-26(31)29-18-10-22-38-34(29)43)42-37(41-33)44-32-21-9-7-16-27(32)30-19-11-23-39-35(30)44/h1-23H. The average molecular weight is 566 g/mol. The molecule has 0 amide bonds. The third kappa shape index (κ3) is 3.66. The van der Waals surface area contributed by atoms with Crippen LogP contribution in [-0.4, -0.2) is 34.1 Å². The third-order valence-corrected chi connectivity index (χ3v) is 8.13. The number of rotatable bonds is 4. The van der Waals surface area contributed by atoms with Crippen LogP contribution in [0.4, 0.5) is 0 Å². The van der Waals surface area contributed by atoms with Gasteiger partial charge in [-0.2, -0.15) is 15.0 Å². The molecule has 0 saturated heterocycles. The van der Waals surface area contributed by atoms with Crippen LogP contribution in [0.2, 0.25) is 0 Å². The lowest BCUT2D eigenvalue weighted by Gasteiger charge is -2.14. The Balaban J connectivity index is 1.41. The number of para-hydroxylation sites is 2. The molecule has 206 valence electrons. The van der Waals surface area contributed by atoms with E-state index >= 15 is 0 Å². The highest BCUT2D eigenvalue weighted by molar-refractivity contribution is 6.08. The fourth-order valence-electron chi connectivity index (χ4n) is 6.22. The predicted molar refractivity (Wildman–Crippen MR) is 175 cm³/mol. The molecule has 7 nitrogen and oxygen atoms in total. The first-order valence-corrected chi connectivity index (χ1v) is 14.5. The maximum absolute atomic E-state index is 5.17. The molecule has 0 bridgehead atoms. The smallest absolute Gasteiger partial charge is 0.241 e. The maximum Gasteiger partial charge on any atom is 0.241 e. The van der Waals surface area contributed by atoms with Gasteiger partial charge in [-0.05, 0) is 47.5 Å². The molecule has 5 aromatic heterocycles. The first-order valence-electron chi connectivity index (χ1n) is 14.5. The van der Waals surface area contributed by atoms with Crippen molar-refractivity contribution in [2.45, 2.75) is 0 Å². The first kappa shape index (κ1) is 24.4. The van der Waals surface area contributed by atoms with Crippen molar-refractivity contribution in [1.82, 2.24) is 34.1 Å². The topological polar surface area (TPSA) is 74.3 Å². The molecule has 0 N–H and O–H groups in total. The molecule has 0 aliphatic rings. The quantitative estimate of drug-likeness (QED) is 0.215. The van der Waals surface area contributed by atoms with Gasteiger partial charge in [0.25, 0.3) is 0 Å². The Bertz CT molecular complexity index is 2270. The normalized spacial score (nSPS) is 11.6. The molecule has 0 aliphatic carbocycles. The highest BCUT2D eigenvalue weighted by atomic mass is 15.3. The lowest BCUT2D eigenvalue weighted by atomic mass is 9.99. The largest absolute Gasteiger partial charge is 0.262 e. The Morgan fingerprint density at radius 2 is 0.864 bits per heavy atom. The number of hydrogen-bond donors (Lipinski definition) is 0. The summed E-state index contributed by atoms with van der Waals surface area (Å²) in [6.07, 6.45) is 3.62. The van der Waals surface area contributed by atoms with E-state index < -0.39 is 0 Å². The van der Waals surface area contributed by atoms with Crippen LogP contribution in [0.5, 0.6) is 0 Å². The molecular formula is C37H23N7. The molecule has 0 saturated carbocycles. The molecule has 7 heteroatoms. The minimum absolute atomic E-state index is 0.486. The van der Waals surface area contributed by atoms with Crippen molar-refractivity contribution in [3.8, 4) is 34.4 Å². The summed E-state index contributed by atoms with van der Waals surface area (Å²) in [6.45, 7) is 0. The van der Waals surface area contributed by atoms with Crippen molar-refractivity contribution in [2.24, 2.45) is 0 Å². The van der Waals surface area contributed by atoms with Crippen LogP contribution in [0.3, 0.4) is 0 Å². The number of benzene rings is 4. The monoisotopic (exact) mass is 565 g/mol. The Morgan fingerprint density at radius 1 is 0.386 bits per heavy atom. The molecule has 44 heavy (non-hydrogen) atoms. The van der Waals surface area contributed by atoms with Crippen molar-refractivity contribution in [3.05, 3.63) is 140 Å². The van der Waals surface area contributed by atoms with Crippen molar-refractivity contribution >= 4 is 43.9 Å². The minimum atomic E-state index is 0.486. The van der Waals surface area contributed by atoms with E-state index in [9.17, 15) is 0 Å². The van der Waals surface area contributed by atoms with Gasteiger partial charge in [0.05, 0.1) is 11.0 Å². The summed E-state index contributed by atoms with van der Waals surface area (Å²) >= 11 is 0. The van der Waals surface area contributed by atoms with Crippen molar-refractivity contribution in [1.29, 1.82) is 0 Å². The van der Waals surface area contributed by atoms with Crippen LogP contribution in [0.25, 0.3) is 78.3 Å². The molecule has 0 aliphatic heterocycles. The lowest BCUT2D eigenvalue weighted by Crippen LogP contribution is -2.11. The van der Waals surface area contributed by atoms with E-state index in [-0.39, 0.29) is 0 Å². The maximum atomic E-state index is 5.17. The predicted octanol–water partition coefficient (Wildman–Crippen LogP) is 8.19. The first-order chi connectivity index (χ1) is 21.8. The fourth-order valence-corrected chi connectivity index (χ4v) is 6.22. The molecule has 0 unspecified atom stereocenters. The zero-order valence-corrected chi connectivity index (χ0v) is 23.4. The number of hydrogen-bond acceptors (Lipinski definition) is 5. The highest BCUT2D eigenvalue weighted by Crippen LogP contribution is 2.35. The summed E-state index contributed by atoms with van der Waals surface area (Å²) in [6, 6.07) is 43.2. The van der Waals surface area contributed by atoms with E-state index in [4.69, 9.17) is 24.9 Å². The van der Waals surface area contributed by atoms with Gasteiger partial charge >= 0.3 is 0 Å². The summed E-state index contributed by atoms with van der Waals surface area (Å²) < 4.78 is 4.07. The molecule has 5 heterocycles. The summed E-state index contributed by atoms with van der Waals surface area (Å²) in [5, 5.41) is 4.24. The molecule has 0 fully saturated rings. The van der Waals surface area contributed by atoms with Gasteiger partial charge in [0, 0.05) is 39.5 Å². The SMILES string of the molecule is c1ccc(-c2ccccc2-c2nc(-n3c4ccccc4c4cccnc43)nc(-n3c4ccccc4c4cccnc43)n2)cc1. The molecule has 9 aromatic rings. The van der Waals surface area contributed by atoms with Crippen LogP contribution in [-0.2, 0) is 0 Å². The fraction of sp³-hybridized carbons (Fsp3) is 0. The van der Waals surface area contributed by atoms with Crippen molar-refractivity contribution in [3.63, 3.8) is 0 Å². The zero-order valence-electron chi connectivity index (χ0n) is 23.4. The van der Waals surface area contributed by atoms with Gasteiger partial charge in [0.15, 0.2) is 5.82 Å². The minimum Gasteiger partial charge on any atom is -0.262 e.